The van der Waals surface area contributed by atoms with Crippen LogP contribution in [0.15, 0.2) is 0 Å². The molecule has 2 N–H and O–H groups in total. The van der Waals surface area contributed by atoms with Gasteiger partial charge in [0, 0.05) is 39.3 Å². The summed E-state index contributed by atoms with van der Waals surface area (Å²) in [5.41, 5.74) is 0. The Labute approximate surface area is 108 Å². The summed E-state index contributed by atoms with van der Waals surface area (Å²) >= 11 is 0. The summed E-state index contributed by atoms with van der Waals surface area (Å²) in [6, 6.07) is 0. The lowest BCUT2D eigenvalue weighted by Crippen LogP contribution is -2.41. The van der Waals surface area contributed by atoms with E-state index in [4.69, 9.17) is 0 Å². The van der Waals surface area contributed by atoms with Crippen molar-refractivity contribution in [3.8, 4) is 0 Å². The predicted octanol–water partition coefficient (Wildman–Crippen LogP) is -1.37. The van der Waals surface area contributed by atoms with Gasteiger partial charge in [0.2, 0.25) is 0 Å². The van der Waals surface area contributed by atoms with Gasteiger partial charge in [-0.05, 0) is 25.9 Å². The Morgan fingerprint density at radius 1 is 0.778 bits per heavy atom. The summed E-state index contributed by atoms with van der Waals surface area (Å²) in [5, 5.41) is 5.28. The zero-order valence-corrected chi connectivity index (χ0v) is 10.8. The van der Waals surface area contributed by atoms with E-state index in [1.165, 1.54) is 26.2 Å². The van der Waals surface area contributed by atoms with Crippen molar-refractivity contribution < 1.29 is 9.59 Å². The summed E-state index contributed by atoms with van der Waals surface area (Å²) in [5.74, 6) is -1.01. The maximum atomic E-state index is 11.4. The quantitative estimate of drug-likeness (QED) is 0.319. The van der Waals surface area contributed by atoms with E-state index in [1.54, 1.807) is 0 Å². The highest BCUT2D eigenvalue weighted by Crippen LogP contribution is 2.03. The first kappa shape index (κ1) is 13.3. The molecule has 18 heavy (non-hydrogen) atoms. The first-order valence-electron chi connectivity index (χ1n) is 6.76. The van der Waals surface area contributed by atoms with Crippen molar-refractivity contribution in [1.29, 1.82) is 0 Å². The normalized spacial score (nSPS) is 18.4. The van der Waals surface area contributed by atoms with E-state index in [1.807, 2.05) is 0 Å². The van der Waals surface area contributed by atoms with Crippen LogP contribution in [0.4, 0.5) is 0 Å². The SMILES string of the molecule is O=C(NCCCN1CC1)C(=O)NCCCN1CC1. The van der Waals surface area contributed by atoms with Crippen LogP contribution in [0.25, 0.3) is 0 Å². The number of hydrogen-bond acceptors (Lipinski definition) is 4. The maximum Gasteiger partial charge on any atom is 0.309 e. The van der Waals surface area contributed by atoms with E-state index >= 15 is 0 Å². The lowest BCUT2D eigenvalue weighted by atomic mass is 10.4. The van der Waals surface area contributed by atoms with Gasteiger partial charge in [-0.3, -0.25) is 9.59 Å². The van der Waals surface area contributed by atoms with Crippen LogP contribution in [0, 0.1) is 0 Å². The fourth-order valence-electron chi connectivity index (χ4n) is 1.76. The third-order valence-electron chi connectivity index (χ3n) is 3.16. The van der Waals surface area contributed by atoms with Gasteiger partial charge >= 0.3 is 11.8 Å². The molecular formula is C12H22N4O2. The Balaban J connectivity index is 1.43. The Hall–Kier alpha value is -1.14. The molecule has 0 radical (unpaired) electrons. The highest BCUT2D eigenvalue weighted by Gasteiger charge is 2.17. The molecule has 2 heterocycles. The Morgan fingerprint density at radius 3 is 1.50 bits per heavy atom. The van der Waals surface area contributed by atoms with Crippen molar-refractivity contribution in [2.75, 3.05) is 52.4 Å². The van der Waals surface area contributed by atoms with Gasteiger partial charge in [-0.2, -0.15) is 0 Å². The number of carbonyl (C=O) groups is 2. The Kier molecular flexibility index (Phi) is 4.95. The van der Waals surface area contributed by atoms with Crippen LogP contribution in [0.1, 0.15) is 12.8 Å². The summed E-state index contributed by atoms with van der Waals surface area (Å²) in [7, 11) is 0. The van der Waals surface area contributed by atoms with Gasteiger partial charge in [0.15, 0.2) is 0 Å². The molecule has 0 unspecified atom stereocenters. The molecule has 0 saturated carbocycles. The molecule has 2 fully saturated rings. The topological polar surface area (TPSA) is 64.2 Å². The van der Waals surface area contributed by atoms with E-state index in [2.05, 4.69) is 20.4 Å². The highest BCUT2D eigenvalue weighted by atomic mass is 16.2. The van der Waals surface area contributed by atoms with Crippen LogP contribution in [0.2, 0.25) is 0 Å². The predicted molar refractivity (Wildman–Crippen MR) is 68.1 cm³/mol. The van der Waals surface area contributed by atoms with E-state index in [9.17, 15) is 9.59 Å². The number of hydrogen-bond donors (Lipinski definition) is 2. The monoisotopic (exact) mass is 254 g/mol. The van der Waals surface area contributed by atoms with Gasteiger partial charge < -0.3 is 20.4 Å². The molecule has 2 rings (SSSR count). The van der Waals surface area contributed by atoms with Crippen molar-refractivity contribution in [2.45, 2.75) is 12.8 Å². The van der Waals surface area contributed by atoms with E-state index < -0.39 is 11.8 Å². The molecule has 0 aromatic heterocycles. The van der Waals surface area contributed by atoms with Crippen LogP contribution in [-0.2, 0) is 9.59 Å². The average molecular weight is 254 g/mol. The second-order valence-electron chi connectivity index (χ2n) is 4.90. The number of amides is 2. The van der Waals surface area contributed by atoms with Crippen LogP contribution >= 0.6 is 0 Å². The lowest BCUT2D eigenvalue weighted by Gasteiger charge is -2.06. The highest BCUT2D eigenvalue weighted by molar-refractivity contribution is 6.35. The number of nitrogens with one attached hydrogen (secondary N) is 2. The second kappa shape index (κ2) is 6.70. The fourth-order valence-corrected chi connectivity index (χ4v) is 1.76. The number of rotatable bonds is 8. The molecule has 2 aliphatic heterocycles. The first-order valence-corrected chi connectivity index (χ1v) is 6.76. The molecule has 0 aliphatic carbocycles. The van der Waals surface area contributed by atoms with Crippen molar-refractivity contribution in [2.24, 2.45) is 0 Å². The molecule has 0 spiro atoms. The molecule has 2 saturated heterocycles. The molecule has 102 valence electrons. The van der Waals surface area contributed by atoms with Gasteiger partial charge in [0.25, 0.3) is 0 Å². The molecule has 0 bridgehead atoms. The van der Waals surface area contributed by atoms with E-state index in [0.717, 1.165) is 25.9 Å². The van der Waals surface area contributed by atoms with Crippen molar-refractivity contribution >= 4 is 11.8 Å². The molecule has 0 atom stereocenters. The van der Waals surface area contributed by atoms with Crippen molar-refractivity contribution in [1.82, 2.24) is 20.4 Å². The van der Waals surface area contributed by atoms with Gasteiger partial charge in [-0.1, -0.05) is 0 Å². The van der Waals surface area contributed by atoms with Crippen LogP contribution in [0.3, 0.4) is 0 Å². The third kappa shape index (κ3) is 5.46. The van der Waals surface area contributed by atoms with Gasteiger partial charge in [0.05, 0.1) is 0 Å². The zero-order chi connectivity index (χ0) is 12.8. The summed E-state index contributed by atoms with van der Waals surface area (Å²) in [6.07, 6.45) is 1.82. The van der Waals surface area contributed by atoms with Crippen molar-refractivity contribution in [3.05, 3.63) is 0 Å². The van der Waals surface area contributed by atoms with Gasteiger partial charge in [-0.25, -0.2) is 0 Å². The smallest absolute Gasteiger partial charge is 0.309 e. The number of carbonyl (C=O) groups excluding carboxylic acids is 2. The van der Waals surface area contributed by atoms with E-state index in [-0.39, 0.29) is 0 Å². The van der Waals surface area contributed by atoms with Gasteiger partial charge in [0.1, 0.15) is 0 Å². The molecule has 0 aromatic rings. The first-order chi connectivity index (χ1) is 8.75. The minimum Gasteiger partial charge on any atom is -0.348 e. The molecule has 6 heteroatoms. The van der Waals surface area contributed by atoms with E-state index in [0.29, 0.717) is 13.1 Å². The number of nitrogens with zero attached hydrogens (tertiary/aromatic N) is 2. The third-order valence-corrected chi connectivity index (χ3v) is 3.16. The lowest BCUT2D eigenvalue weighted by molar-refractivity contribution is -0.139. The maximum absolute atomic E-state index is 11.4. The summed E-state index contributed by atoms with van der Waals surface area (Å²) in [4.78, 5) is 27.4. The van der Waals surface area contributed by atoms with Crippen LogP contribution < -0.4 is 10.6 Å². The summed E-state index contributed by atoms with van der Waals surface area (Å²) < 4.78 is 0. The molecular weight excluding hydrogens is 232 g/mol. The van der Waals surface area contributed by atoms with Crippen LogP contribution in [-0.4, -0.2) is 74.0 Å². The standard InChI is InChI=1S/C12H22N4O2/c17-11(13-3-1-5-15-7-8-15)12(18)14-4-2-6-16-9-10-16/h1-10H2,(H,13,17)(H,14,18). The second-order valence-corrected chi connectivity index (χ2v) is 4.90. The molecule has 6 nitrogen and oxygen atoms in total. The molecule has 2 amide bonds. The molecule has 2 aliphatic rings. The molecule has 0 aromatic carbocycles. The summed E-state index contributed by atoms with van der Waals surface area (Å²) in [6.45, 7) is 7.87. The average Bonchev–Trinajstić information content (AvgIpc) is 3.24. The zero-order valence-electron chi connectivity index (χ0n) is 10.8. The van der Waals surface area contributed by atoms with Gasteiger partial charge in [-0.15, -0.1) is 0 Å². The minimum atomic E-state index is -0.507. The Morgan fingerprint density at radius 2 is 1.17 bits per heavy atom. The van der Waals surface area contributed by atoms with Crippen molar-refractivity contribution in [3.63, 3.8) is 0 Å². The minimum absolute atomic E-state index is 0.507. The largest absolute Gasteiger partial charge is 0.348 e. The Bertz CT molecular complexity index is 270. The van der Waals surface area contributed by atoms with Crippen LogP contribution in [0.5, 0.6) is 0 Å². The fraction of sp³-hybridized carbons (Fsp3) is 0.833.